The molecule has 6 nitrogen and oxygen atoms in total. The number of hydrogen-bond donors (Lipinski definition) is 0. The van der Waals surface area contributed by atoms with Crippen LogP contribution in [-0.4, -0.2) is 40.8 Å². The van der Waals surface area contributed by atoms with E-state index in [1.807, 2.05) is 12.2 Å². The highest BCUT2D eigenvalue weighted by molar-refractivity contribution is 5.93. The molecule has 1 aromatic heterocycles. The van der Waals surface area contributed by atoms with Crippen molar-refractivity contribution in [2.45, 2.75) is 25.9 Å². The summed E-state index contributed by atoms with van der Waals surface area (Å²) in [4.78, 5) is 14.5. The number of benzene rings is 1. The predicted molar refractivity (Wildman–Crippen MR) is 102 cm³/mol. The first-order valence-electron chi connectivity index (χ1n) is 9.31. The molecule has 2 aromatic rings. The fourth-order valence-electron chi connectivity index (χ4n) is 3.45. The lowest BCUT2D eigenvalue weighted by Gasteiger charge is -2.28. The lowest BCUT2D eigenvalue weighted by Crippen LogP contribution is -2.40. The minimum Gasteiger partial charge on any atom is -0.496 e. The molecule has 0 radical (unpaired) electrons. The van der Waals surface area contributed by atoms with Gasteiger partial charge in [-0.1, -0.05) is 24.3 Å². The first-order chi connectivity index (χ1) is 13.7. The molecule has 0 unspecified atom stereocenters. The van der Waals surface area contributed by atoms with Crippen LogP contribution in [0.15, 0.2) is 48.1 Å². The van der Waals surface area contributed by atoms with Crippen LogP contribution in [0.4, 0.5) is 4.39 Å². The highest BCUT2D eigenvalue weighted by Crippen LogP contribution is 2.26. The summed E-state index contributed by atoms with van der Waals surface area (Å²) in [5, 5.41) is 4.38. The van der Waals surface area contributed by atoms with E-state index in [2.05, 4.69) is 11.2 Å². The predicted octanol–water partition coefficient (Wildman–Crippen LogP) is 3.34. The number of carbonyl (C=O) groups excluding carboxylic acids is 1. The SMILES string of the molecule is COc1cccc(F)c1CN1CCn2nc(OCC3=CC=CCC3)cc2C1=O. The average Bonchev–Trinajstić information content (AvgIpc) is 3.14. The van der Waals surface area contributed by atoms with Crippen molar-refractivity contribution in [3.05, 3.63) is 65.1 Å². The third-order valence-electron chi connectivity index (χ3n) is 5.00. The molecule has 0 saturated heterocycles. The van der Waals surface area contributed by atoms with E-state index in [9.17, 15) is 9.18 Å². The average molecular weight is 383 g/mol. The van der Waals surface area contributed by atoms with Crippen molar-refractivity contribution in [3.63, 3.8) is 0 Å². The van der Waals surface area contributed by atoms with E-state index in [-0.39, 0.29) is 18.3 Å². The van der Waals surface area contributed by atoms with Crippen LogP contribution in [-0.2, 0) is 13.1 Å². The van der Waals surface area contributed by atoms with Gasteiger partial charge in [0.1, 0.15) is 23.9 Å². The minimum absolute atomic E-state index is 0.148. The number of amides is 1. The first-order valence-corrected chi connectivity index (χ1v) is 9.31. The zero-order valence-corrected chi connectivity index (χ0v) is 15.7. The van der Waals surface area contributed by atoms with Crippen molar-refractivity contribution in [2.75, 3.05) is 20.3 Å². The third kappa shape index (κ3) is 3.65. The number of aromatic nitrogens is 2. The molecule has 4 rings (SSSR count). The van der Waals surface area contributed by atoms with Gasteiger partial charge in [0, 0.05) is 18.2 Å². The molecular formula is C21H22FN3O3. The number of halogens is 1. The number of carbonyl (C=O) groups is 1. The summed E-state index contributed by atoms with van der Waals surface area (Å²) in [6, 6.07) is 6.31. The molecule has 7 heteroatoms. The molecule has 0 atom stereocenters. The Balaban J connectivity index is 1.47. The molecule has 0 fully saturated rings. The fourth-order valence-corrected chi connectivity index (χ4v) is 3.45. The second kappa shape index (κ2) is 7.88. The van der Waals surface area contributed by atoms with Crippen LogP contribution in [0.2, 0.25) is 0 Å². The van der Waals surface area contributed by atoms with Gasteiger partial charge in [0.2, 0.25) is 5.88 Å². The summed E-state index contributed by atoms with van der Waals surface area (Å²) < 4.78 is 26.9. The van der Waals surface area contributed by atoms with Crippen LogP contribution < -0.4 is 9.47 Å². The van der Waals surface area contributed by atoms with E-state index in [4.69, 9.17) is 9.47 Å². The molecule has 0 spiro atoms. The number of rotatable bonds is 6. The number of methoxy groups -OCH3 is 1. The molecule has 0 bridgehead atoms. The molecule has 0 saturated carbocycles. The molecule has 1 amide bonds. The van der Waals surface area contributed by atoms with E-state index in [1.165, 1.54) is 18.7 Å². The minimum atomic E-state index is -0.384. The van der Waals surface area contributed by atoms with Crippen molar-refractivity contribution in [2.24, 2.45) is 0 Å². The van der Waals surface area contributed by atoms with Gasteiger partial charge >= 0.3 is 0 Å². The Hall–Kier alpha value is -3.09. The summed E-state index contributed by atoms with van der Waals surface area (Å²) in [6.45, 7) is 1.59. The number of ether oxygens (including phenoxy) is 2. The highest BCUT2D eigenvalue weighted by atomic mass is 19.1. The van der Waals surface area contributed by atoms with Gasteiger partial charge in [0.25, 0.3) is 5.91 Å². The Labute approximate surface area is 162 Å². The Kier molecular flexibility index (Phi) is 5.14. The number of nitrogens with zero attached hydrogens (tertiary/aromatic N) is 3. The lowest BCUT2D eigenvalue weighted by molar-refractivity contribution is 0.0680. The molecule has 1 aliphatic heterocycles. The number of allylic oxidation sites excluding steroid dienone is 3. The Bertz CT molecular complexity index is 948. The van der Waals surface area contributed by atoms with E-state index < -0.39 is 0 Å². The van der Waals surface area contributed by atoms with Crippen LogP contribution in [0.3, 0.4) is 0 Å². The van der Waals surface area contributed by atoms with Crippen molar-refractivity contribution in [3.8, 4) is 11.6 Å². The lowest BCUT2D eigenvalue weighted by atomic mass is 10.1. The highest BCUT2D eigenvalue weighted by Gasteiger charge is 2.28. The van der Waals surface area contributed by atoms with Crippen molar-refractivity contribution >= 4 is 5.91 Å². The maximum atomic E-state index is 14.2. The Morgan fingerprint density at radius 3 is 2.96 bits per heavy atom. The van der Waals surface area contributed by atoms with Gasteiger partial charge in [-0.3, -0.25) is 9.48 Å². The van der Waals surface area contributed by atoms with E-state index >= 15 is 0 Å². The van der Waals surface area contributed by atoms with Gasteiger partial charge in [-0.2, -0.15) is 0 Å². The number of hydrogen-bond acceptors (Lipinski definition) is 4. The molecule has 2 aliphatic rings. The zero-order valence-electron chi connectivity index (χ0n) is 15.7. The monoisotopic (exact) mass is 383 g/mol. The Morgan fingerprint density at radius 2 is 2.18 bits per heavy atom. The molecule has 28 heavy (non-hydrogen) atoms. The fraction of sp³-hybridized carbons (Fsp3) is 0.333. The van der Waals surface area contributed by atoms with Crippen molar-refractivity contribution in [1.82, 2.24) is 14.7 Å². The molecule has 0 N–H and O–H groups in total. The van der Waals surface area contributed by atoms with Crippen LogP contribution in [0, 0.1) is 5.82 Å². The van der Waals surface area contributed by atoms with Crippen LogP contribution >= 0.6 is 0 Å². The maximum absolute atomic E-state index is 14.2. The van der Waals surface area contributed by atoms with Gasteiger partial charge in [0.15, 0.2) is 0 Å². The summed E-state index contributed by atoms with van der Waals surface area (Å²) in [5.74, 6) is 0.290. The van der Waals surface area contributed by atoms with Crippen LogP contribution in [0.25, 0.3) is 0 Å². The molecule has 1 aliphatic carbocycles. The van der Waals surface area contributed by atoms with Crippen molar-refractivity contribution in [1.29, 1.82) is 0 Å². The zero-order chi connectivity index (χ0) is 19.5. The smallest absolute Gasteiger partial charge is 0.272 e. The normalized spacial score (nSPS) is 16.0. The van der Waals surface area contributed by atoms with E-state index in [1.54, 1.807) is 27.8 Å². The summed E-state index contributed by atoms with van der Waals surface area (Å²) >= 11 is 0. The van der Waals surface area contributed by atoms with Gasteiger partial charge in [-0.25, -0.2) is 4.39 Å². The van der Waals surface area contributed by atoms with Gasteiger partial charge < -0.3 is 14.4 Å². The Morgan fingerprint density at radius 1 is 1.29 bits per heavy atom. The van der Waals surface area contributed by atoms with E-state index in [0.29, 0.717) is 42.6 Å². The maximum Gasteiger partial charge on any atom is 0.272 e. The van der Waals surface area contributed by atoms with Crippen LogP contribution in [0.1, 0.15) is 28.9 Å². The molecular weight excluding hydrogens is 361 g/mol. The third-order valence-corrected chi connectivity index (χ3v) is 5.00. The largest absolute Gasteiger partial charge is 0.496 e. The standard InChI is InChI=1S/C21H22FN3O3/c1-27-19-9-5-8-17(22)16(19)13-24-10-11-25-18(21(24)26)12-20(23-25)28-14-15-6-3-2-4-7-15/h2-3,5-6,8-9,12H,4,7,10-11,13-14H2,1H3. The topological polar surface area (TPSA) is 56.6 Å². The second-order valence-corrected chi connectivity index (χ2v) is 6.82. The summed E-state index contributed by atoms with van der Waals surface area (Å²) in [6.07, 6.45) is 8.19. The molecule has 1 aromatic carbocycles. The van der Waals surface area contributed by atoms with E-state index in [0.717, 1.165) is 12.8 Å². The first kappa shape index (κ1) is 18.3. The van der Waals surface area contributed by atoms with Gasteiger partial charge in [-0.15, -0.1) is 5.10 Å². The van der Waals surface area contributed by atoms with Crippen LogP contribution in [0.5, 0.6) is 11.6 Å². The summed E-state index contributed by atoms with van der Waals surface area (Å²) in [7, 11) is 1.49. The summed E-state index contributed by atoms with van der Waals surface area (Å²) in [5.41, 5.74) is 2.03. The molecule has 2 heterocycles. The van der Waals surface area contributed by atoms with Gasteiger partial charge in [-0.05, 0) is 30.5 Å². The number of fused-ring (bicyclic) bond motifs is 1. The van der Waals surface area contributed by atoms with Crippen molar-refractivity contribution < 1.29 is 18.7 Å². The second-order valence-electron chi connectivity index (χ2n) is 6.82. The van der Waals surface area contributed by atoms with Gasteiger partial charge in [0.05, 0.1) is 20.2 Å². The molecule has 146 valence electrons. The quantitative estimate of drug-likeness (QED) is 0.768.